The van der Waals surface area contributed by atoms with Gasteiger partial charge in [0.05, 0.1) is 6.61 Å². The van der Waals surface area contributed by atoms with Crippen LogP contribution in [-0.2, 0) is 0 Å². The summed E-state index contributed by atoms with van der Waals surface area (Å²) >= 11 is 0. The van der Waals surface area contributed by atoms with Crippen LogP contribution in [0.3, 0.4) is 0 Å². The number of aliphatic hydroxyl groups excluding tert-OH is 1. The molecular weight excluding hydrogens is 186 g/mol. The second-order valence-electron chi connectivity index (χ2n) is 4.37. The third-order valence-electron chi connectivity index (χ3n) is 2.36. The standard InChI is InChI=1S/C13H19NO/c1-11(9-14-13(2,3)10-15)12-7-5-4-6-8-12/h4-8,14-15H,1,9-10H2,2-3H3. The van der Waals surface area contributed by atoms with E-state index in [-0.39, 0.29) is 12.1 Å². The predicted octanol–water partition coefficient (Wildman–Crippen LogP) is 2.06. The number of hydrogen-bond acceptors (Lipinski definition) is 2. The zero-order valence-electron chi connectivity index (χ0n) is 9.46. The third-order valence-corrected chi connectivity index (χ3v) is 2.36. The Morgan fingerprint density at radius 2 is 1.93 bits per heavy atom. The van der Waals surface area contributed by atoms with Gasteiger partial charge in [-0.3, -0.25) is 0 Å². The molecule has 1 rings (SSSR count). The van der Waals surface area contributed by atoms with Crippen LogP contribution in [0.25, 0.3) is 5.57 Å². The second-order valence-corrected chi connectivity index (χ2v) is 4.37. The van der Waals surface area contributed by atoms with E-state index in [1.54, 1.807) is 0 Å². The van der Waals surface area contributed by atoms with Crippen LogP contribution in [0.1, 0.15) is 19.4 Å². The summed E-state index contributed by atoms with van der Waals surface area (Å²) in [4.78, 5) is 0. The van der Waals surface area contributed by atoms with Crippen LogP contribution in [0.5, 0.6) is 0 Å². The Labute approximate surface area is 91.6 Å². The highest BCUT2D eigenvalue weighted by Gasteiger charge is 2.15. The Morgan fingerprint density at radius 1 is 1.33 bits per heavy atom. The molecule has 0 aliphatic rings. The molecule has 2 heteroatoms. The lowest BCUT2D eigenvalue weighted by atomic mass is 10.0. The SMILES string of the molecule is C=C(CNC(C)(C)CO)c1ccccc1. The van der Waals surface area contributed by atoms with Crippen molar-refractivity contribution in [2.75, 3.05) is 13.2 Å². The van der Waals surface area contributed by atoms with E-state index in [2.05, 4.69) is 11.9 Å². The summed E-state index contributed by atoms with van der Waals surface area (Å²) < 4.78 is 0. The van der Waals surface area contributed by atoms with Crippen LogP contribution in [0.4, 0.5) is 0 Å². The van der Waals surface area contributed by atoms with Crippen molar-refractivity contribution in [3.63, 3.8) is 0 Å². The van der Waals surface area contributed by atoms with Gasteiger partial charge >= 0.3 is 0 Å². The van der Waals surface area contributed by atoms with Gasteiger partial charge < -0.3 is 10.4 Å². The zero-order chi connectivity index (χ0) is 11.3. The molecule has 0 fully saturated rings. The molecule has 0 aliphatic carbocycles. The summed E-state index contributed by atoms with van der Waals surface area (Å²) in [6.07, 6.45) is 0. The van der Waals surface area contributed by atoms with E-state index in [0.717, 1.165) is 11.1 Å². The first-order chi connectivity index (χ1) is 7.05. The molecule has 0 saturated heterocycles. The van der Waals surface area contributed by atoms with E-state index in [1.165, 1.54) is 0 Å². The van der Waals surface area contributed by atoms with Gasteiger partial charge in [-0.1, -0.05) is 36.9 Å². The molecule has 2 nitrogen and oxygen atoms in total. The van der Waals surface area contributed by atoms with Gasteiger partial charge in [0.2, 0.25) is 0 Å². The van der Waals surface area contributed by atoms with Crippen LogP contribution in [-0.4, -0.2) is 23.8 Å². The van der Waals surface area contributed by atoms with E-state index < -0.39 is 0 Å². The van der Waals surface area contributed by atoms with E-state index >= 15 is 0 Å². The quantitative estimate of drug-likeness (QED) is 0.771. The second kappa shape index (κ2) is 5.10. The van der Waals surface area contributed by atoms with Gasteiger partial charge in [0.25, 0.3) is 0 Å². The Morgan fingerprint density at radius 3 is 2.47 bits per heavy atom. The van der Waals surface area contributed by atoms with Gasteiger partial charge in [-0.2, -0.15) is 0 Å². The summed E-state index contributed by atoms with van der Waals surface area (Å²) in [6.45, 7) is 8.76. The van der Waals surface area contributed by atoms with Crippen LogP contribution in [0, 0.1) is 0 Å². The summed E-state index contributed by atoms with van der Waals surface area (Å²) in [5.74, 6) is 0. The highest BCUT2D eigenvalue weighted by molar-refractivity contribution is 5.64. The van der Waals surface area contributed by atoms with Gasteiger partial charge in [0.15, 0.2) is 0 Å². The van der Waals surface area contributed by atoms with E-state index in [9.17, 15) is 0 Å². The van der Waals surface area contributed by atoms with Crippen LogP contribution >= 0.6 is 0 Å². The van der Waals surface area contributed by atoms with Gasteiger partial charge in [-0.15, -0.1) is 0 Å². The Balaban J connectivity index is 2.51. The molecule has 0 aromatic heterocycles. The highest BCUT2D eigenvalue weighted by Crippen LogP contribution is 2.11. The molecule has 1 aromatic carbocycles. The lowest BCUT2D eigenvalue weighted by molar-refractivity contribution is 0.193. The van der Waals surface area contributed by atoms with Crippen molar-refractivity contribution in [3.05, 3.63) is 42.5 Å². The monoisotopic (exact) mass is 205 g/mol. The van der Waals surface area contributed by atoms with Crippen molar-refractivity contribution in [2.45, 2.75) is 19.4 Å². The Bertz CT molecular complexity index is 317. The van der Waals surface area contributed by atoms with Gasteiger partial charge in [-0.25, -0.2) is 0 Å². The maximum atomic E-state index is 9.09. The van der Waals surface area contributed by atoms with E-state index in [1.807, 2.05) is 44.2 Å². The molecule has 0 saturated carbocycles. The molecule has 82 valence electrons. The third kappa shape index (κ3) is 3.86. The summed E-state index contributed by atoms with van der Waals surface area (Å²) in [7, 11) is 0. The highest BCUT2D eigenvalue weighted by atomic mass is 16.3. The lowest BCUT2D eigenvalue weighted by Crippen LogP contribution is -2.43. The van der Waals surface area contributed by atoms with Crippen molar-refractivity contribution in [1.29, 1.82) is 0 Å². The topological polar surface area (TPSA) is 32.3 Å². The Hall–Kier alpha value is -1.12. The Kier molecular flexibility index (Phi) is 4.06. The van der Waals surface area contributed by atoms with Crippen molar-refractivity contribution >= 4 is 5.57 Å². The number of nitrogens with one attached hydrogen (secondary N) is 1. The molecule has 0 amide bonds. The van der Waals surface area contributed by atoms with Crippen LogP contribution in [0.2, 0.25) is 0 Å². The lowest BCUT2D eigenvalue weighted by Gasteiger charge is -2.24. The van der Waals surface area contributed by atoms with Crippen molar-refractivity contribution in [1.82, 2.24) is 5.32 Å². The maximum absolute atomic E-state index is 9.09. The minimum atomic E-state index is -0.252. The minimum Gasteiger partial charge on any atom is -0.394 e. The molecule has 2 N–H and O–H groups in total. The van der Waals surface area contributed by atoms with E-state index in [0.29, 0.717) is 6.54 Å². The van der Waals surface area contributed by atoms with E-state index in [4.69, 9.17) is 5.11 Å². The molecule has 0 atom stereocenters. The summed E-state index contributed by atoms with van der Waals surface area (Å²) in [6, 6.07) is 10.1. The molecule has 0 spiro atoms. The fraction of sp³-hybridized carbons (Fsp3) is 0.385. The average Bonchev–Trinajstić information content (AvgIpc) is 2.27. The molecule has 0 bridgehead atoms. The summed E-state index contributed by atoms with van der Waals surface area (Å²) in [5.41, 5.74) is 1.92. The predicted molar refractivity (Wildman–Crippen MR) is 64.6 cm³/mol. The minimum absolute atomic E-state index is 0.120. The van der Waals surface area contributed by atoms with Crippen molar-refractivity contribution in [2.24, 2.45) is 0 Å². The first kappa shape index (κ1) is 12.0. The number of hydrogen-bond donors (Lipinski definition) is 2. The molecule has 0 unspecified atom stereocenters. The number of benzene rings is 1. The van der Waals surface area contributed by atoms with Crippen molar-refractivity contribution in [3.8, 4) is 0 Å². The largest absolute Gasteiger partial charge is 0.394 e. The first-order valence-corrected chi connectivity index (χ1v) is 5.14. The fourth-order valence-electron chi connectivity index (χ4n) is 1.18. The number of rotatable bonds is 5. The molecule has 15 heavy (non-hydrogen) atoms. The molecule has 0 aliphatic heterocycles. The molecular formula is C13H19NO. The average molecular weight is 205 g/mol. The first-order valence-electron chi connectivity index (χ1n) is 5.14. The normalized spacial score (nSPS) is 11.4. The van der Waals surface area contributed by atoms with Crippen molar-refractivity contribution < 1.29 is 5.11 Å². The smallest absolute Gasteiger partial charge is 0.0607 e. The van der Waals surface area contributed by atoms with Gasteiger partial charge in [-0.05, 0) is 25.0 Å². The zero-order valence-corrected chi connectivity index (χ0v) is 9.46. The number of aliphatic hydroxyl groups is 1. The van der Waals surface area contributed by atoms with Gasteiger partial charge in [0, 0.05) is 12.1 Å². The molecule has 1 aromatic rings. The van der Waals surface area contributed by atoms with Gasteiger partial charge in [0.1, 0.15) is 0 Å². The fourth-order valence-corrected chi connectivity index (χ4v) is 1.18. The van der Waals surface area contributed by atoms with Crippen LogP contribution in [0.15, 0.2) is 36.9 Å². The molecule has 0 heterocycles. The van der Waals surface area contributed by atoms with Crippen LogP contribution < -0.4 is 5.32 Å². The summed E-state index contributed by atoms with van der Waals surface area (Å²) in [5, 5.41) is 12.3. The molecule has 0 radical (unpaired) electrons. The maximum Gasteiger partial charge on any atom is 0.0607 e.